The molecule has 0 fully saturated rings. The number of rotatable bonds is 18. The number of phenolic OH excluding ortho intramolecular Hbond substituents is 5. The summed E-state index contributed by atoms with van der Waals surface area (Å²) >= 11 is 8.42. The summed E-state index contributed by atoms with van der Waals surface area (Å²) in [4.78, 5) is 87.3. The van der Waals surface area contributed by atoms with Gasteiger partial charge in [0.1, 0.15) is 62.2 Å². The van der Waals surface area contributed by atoms with Crippen molar-refractivity contribution in [2.24, 2.45) is 30.6 Å². The van der Waals surface area contributed by atoms with Gasteiger partial charge in [0.25, 0.3) is 41.0 Å². The lowest BCUT2D eigenvalue weighted by Crippen LogP contribution is -2.19. The van der Waals surface area contributed by atoms with E-state index < -0.39 is 35.0 Å². The maximum Gasteiger partial charge on any atom is 0.289 e. The van der Waals surface area contributed by atoms with Gasteiger partial charge in [-0.25, -0.2) is 36.9 Å². The monoisotopic (exact) mass is 1920 g/mol. The van der Waals surface area contributed by atoms with Crippen LogP contribution in [-0.2, 0) is 0 Å². The lowest BCUT2D eigenvalue weighted by Gasteiger charge is -2.08. The third kappa shape index (κ3) is 24.7. The number of H-pyrrole nitrogens is 2. The standard InChI is InChI=1S/C20H14N2O3S.C19H15FN2O2.C18H13ClN2O2.C18H15N3O3.C17H14N2O2S.C15H12N4O2/c23-17-13(10-9-12-5-1-2-6-14(12)17)11-21-22-20(25)19-18(24)15-7-3-4-8-16(15)26-19;1-12(21-22-19(24)14-6-4-7-15(20)11-14)16-10-9-13-5-2-3-8-17(13)18(16)23;19-15-6-3-5-13(10-15)18(23)21-20-11-14-9-8-12-4-1-2-7-16(12)17(14)22;1-11-7-8-15-13(9-11)16(22)14(18(24)20-15)10-19-21-17(23)12-5-3-2-4-6-12;1-11-6-7-22-16(11)17(21)19-18-10-14-8-12-4-2-3-5-13(12)9-15(14)20;20-14-6-5-10-3-1-2-4-11(10)12(14)9-17-19-15(21)13-7-8-16-18-13/h1-11,23-24H,(H,22,25);2-11,23H,1H3,(H,22,24);1-11,22H,(H,21,23);2-10H,1H3,(H,21,23)(H2,20,22,24);2-10,20H,1H3,(H,19,21);1-9,20H,(H,16,18)(H,19,21)/b21-11+;21-12+;20-11+;19-10+;18-10+;17-9+. The van der Waals surface area contributed by atoms with Crippen molar-refractivity contribution in [1.29, 1.82) is 0 Å². The average Bonchev–Trinajstić information content (AvgIpc) is 1.44. The molecular formula is C107H83ClFN15O14S2. The lowest BCUT2D eigenvalue weighted by atomic mass is 10.0. The summed E-state index contributed by atoms with van der Waals surface area (Å²) in [6, 6.07) is 92.0. The van der Waals surface area contributed by atoms with Crippen LogP contribution in [-0.4, -0.2) is 123 Å². The number of nitrogens with one attached hydrogen (secondary N) is 8. The molecule has 15 N–H and O–H groups in total. The van der Waals surface area contributed by atoms with E-state index in [1.54, 1.807) is 122 Å². The molecular weight excluding hydrogens is 1840 g/mol. The average molecular weight is 1920 g/mol. The Bertz CT molecular complexity index is 8130. The first-order valence-corrected chi connectivity index (χ1v) is 44.6. The van der Waals surface area contributed by atoms with Crippen molar-refractivity contribution >= 4 is 181 Å². The second-order valence-corrected chi connectivity index (χ2v) is 33.0. The number of amides is 6. The number of hydrogen-bond acceptors (Lipinski definition) is 23. The van der Waals surface area contributed by atoms with Gasteiger partial charge in [-0.05, 0) is 191 Å². The summed E-state index contributed by atoms with van der Waals surface area (Å²) in [5.74, 6) is -2.58. The molecule has 0 radical (unpaired) electrons. The molecule has 0 saturated carbocycles. The number of aromatic nitrogens is 3. The van der Waals surface area contributed by atoms with Crippen molar-refractivity contribution in [1.82, 2.24) is 47.7 Å². The summed E-state index contributed by atoms with van der Waals surface area (Å²) in [6.07, 6.45) is 8.27. The van der Waals surface area contributed by atoms with Gasteiger partial charge in [0.2, 0.25) is 0 Å². The van der Waals surface area contributed by atoms with Crippen LogP contribution in [0.25, 0.3) is 74.9 Å². The molecule has 0 aliphatic rings. The van der Waals surface area contributed by atoms with Crippen LogP contribution in [0.5, 0.6) is 40.2 Å². The highest BCUT2D eigenvalue weighted by molar-refractivity contribution is 7.21. The van der Waals surface area contributed by atoms with E-state index in [-0.39, 0.29) is 68.1 Å². The van der Waals surface area contributed by atoms with E-state index in [1.165, 1.54) is 71.9 Å². The fourth-order valence-electron chi connectivity index (χ4n) is 14.0. The molecule has 140 heavy (non-hydrogen) atoms. The second kappa shape index (κ2) is 46.3. The van der Waals surface area contributed by atoms with Crippen LogP contribution in [0.2, 0.25) is 5.02 Å². The van der Waals surface area contributed by atoms with Gasteiger partial charge in [-0.15, -0.1) is 22.7 Å². The largest absolute Gasteiger partial charge is 0.507 e. The van der Waals surface area contributed by atoms with Crippen LogP contribution >= 0.6 is 34.3 Å². The number of aromatic hydroxyl groups is 7. The van der Waals surface area contributed by atoms with Gasteiger partial charge < -0.3 is 40.7 Å². The number of phenols is 5. The minimum atomic E-state index is -0.519. The van der Waals surface area contributed by atoms with Crippen LogP contribution in [0.4, 0.5) is 4.39 Å². The molecule has 15 aromatic carbocycles. The fourth-order valence-corrected chi connectivity index (χ4v) is 15.9. The van der Waals surface area contributed by atoms with E-state index in [1.807, 2.05) is 195 Å². The van der Waals surface area contributed by atoms with Crippen molar-refractivity contribution in [3.63, 3.8) is 0 Å². The summed E-state index contributed by atoms with van der Waals surface area (Å²) in [6.45, 7) is 5.44. The summed E-state index contributed by atoms with van der Waals surface area (Å²) in [5.41, 5.74) is 20.7. The maximum atomic E-state index is 13.1. The van der Waals surface area contributed by atoms with Crippen molar-refractivity contribution in [3.8, 4) is 40.2 Å². The number of pyridine rings is 1. The number of hydrogen-bond donors (Lipinski definition) is 15. The minimum Gasteiger partial charge on any atom is -0.507 e. The molecule has 0 saturated heterocycles. The first-order valence-electron chi connectivity index (χ1n) is 42.5. The van der Waals surface area contributed by atoms with Crippen molar-refractivity contribution < 1.29 is 68.9 Å². The van der Waals surface area contributed by atoms with E-state index in [4.69, 9.17) is 11.6 Å². The zero-order chi connectivity index (χ0) is 98.7. The SMILES string of the molecule is C/C(=N\NC(=O)c1cccc(F)c1)c1ccc2ccccc2c1O.Cc1ccc2[nH]c(=O)c(/C=N/NC(=O)c3ccccc3)c(O)c2c1.Cc1ccsc1C(=O)N/N=C/c1cc2ccccc2cc1O.O=C(N/N=C/c1c(O)ccc2ccccc12)c1ccn[nH]1.O=C(N/N=C/c1ccc2ccccc2c1O)c1cccc(Cl)c1.O=C(N/N=C/c1ccc2ccccc2c1O)c1sc2ccccc2c1O. The number of benzene rings is 15. The van der Waals surface area contributed by atoms with E-state index in [0.717, 1.165) is 71.2 Å². The van der Waals surface area contributed by atoms with Crippen LogP contribution < -0.4 is 38.1 Å². The number of hydrazone groups is 6. The first-order chi connectivity index (χ1) is 67.8. The topological polar surface area (TPSA) is 452 Å². The molecule has 29 nitrogen and oxygen atoms in total. The molecule has 19 aromatic rings. The third-order valence-corrected chi connectivity index (χ3v) is 23.5. The molecule has 33 heteroatoms. The number of aryl methyl sites for hydroxylation is 2. The predicted molar refractivity (Wildman–Crippen MR) is 549 cm³/mol. The molecule has 0 unspecified atom stereocenters. The van der Waals surface area contributed by atoms with Gasteiger partial charge >= 0.3 is 0 Å². The summed E-state index contributed by atoms with van der Waals surface area (Å²) < 4.78 is 14.0. The lowest BCUT2D eigenvalue weighted by molar-refractivity contribution is 0.0943. The van der Waals surface area contributed by atoms with Crippen LogP contribution in [0, 0.1) is 19.7 Å². The highest BCUT2D eigenvalue weighted by atomic mass is 35.5. The molecule has 4 heterocycles. The molecule has 4 aromatic heterocycles. The normalized spacial score (nSPS) is 11.2. The predicted octanol–water partition coefficient (Wildman–Crippen LogP) is 20.0. The molecule has 19 rings (SSSR count). The number of nitrogens with zero attached hydrogens (tertiary/aromatic N) is 7. The molecule has 6 amide bonds. The highest BCUT2D eigenvalue weighted by Crippen LogP contribution is 2.38. The van der Waals surface area contributed by atoms with Crippen molar-refractivity contribution in [2.75, 3.05) is 0 Å². The Morgan fingerprint density at radius 3 is 1.46 bits per heavy atom. The van der Waals surface area contributed by atoms with Crippen molar-refractivity contribution in [3.05, 3.63) is 425 Å². The molecule has 0 aliphatic heterocycles. The van der Waals surface area contributed by atoms with Gasteiger partial charge in [-0.3, -0.25) is 38.7 Å². The van der Waals surface area contributed by atoms with Crippen LogP contribution in [0.15, 0.2) is 362 Å². The number of carbonyl (C=O) groups excluding carboxylic acids is 6. The molecule has 0 bridgehead atoms. The van der Waals surface area contributed by atoms with Gasteiger partial charge in [0.15, 0.2) is 0 Å². The first kappa shape index (κ1) is 97.4. The van der Waals surface area contributed by atoms with Gasteiger partial charge in [0.05, 0.1) is 47.2 Å². The zero-order valence-electron chi connectivity index (χ0n) is 74.3. The second-order valence-electron chi connectivity index (χ2n) is 30.6. The quantitative estimate of drug-likeness (QED) is 0.0280. The molecule has 0 atom stereocenters. The number of fused-ring (bicyclic) bond motifs is 7. The molecule has 0 aliphatic carbocycles. The summed E-state index contributed by atoms with van der Waals surface area (Å²) in [7, 11) is 0. The van der Waals surface area contributed by atoms with Gasteiger partial charge in [0, 0.05) is 87.4 Å². The van der Waals surface area contributed by atoms with Gasteiger partial charge in [-0.1, -0.05) is 211 Å². The Hall–Kier alpha value is -18.7. The molecule has 696 valence electrons. The van der Waals surface area contributed by atoms with E-state index in [2.05, 4.69) is 78.3 Å². The number of carbonyl (C=O) groups is 6. The zero-order valence-corrected chi connectivity index (χ0v) is 76.6. The minimum absolute atomic E-state index is 0.0125. The van der Waals surface area contributed by atoms with Crippen LogP contribution in [0.1, 0.15) is 112 Å². The van der Waals surface area contributed by atoms with E-state index in [9.17, 15) is 73.7 Å². The number of halogens is 2. The Kier molecular flexibility index (Phi) is 32.2. The Labute approximate surface area is 809 Å². The van der Waals surface area contributed by atoms with E-state index in [0.29, 0.717) is 87.3 Å². The summed E-state index contributed by atoms with van der Waals surface area (Å²) in [5, 5.41) is 113. The Balaban J connectivity index is 0.000000134. The van der Waals surface area contributed by atoms with Crippen LogP contribution in [0.3, 0.4) is 0 Å². The third-order valence-electron chi connectivity index (χ3n) is 21.1. The number of thiophene rings is 2. The molecule has 0 spiro atoms. The fraction of sp³-hybridized carbons (Fsp3) is 0.0280. The van der Waals surface area contributed by atoms with Crippen molar-refractivity contribution in [2.45, 2.75) is 20.8 Å². The highest BCUT2D eigenvalue weighted by Gasteiger charge is 2.20. The Morgan fingerprint density at radius 2 is 0.871 bits per heavy atom. The van der Waals surface area contributed by atoms with Gasteiger partial charge in [-0.2, -0.15) is 35.7 Å². The Morgan fingerprint density at radius 1 is 0.386 bits per heavy atom. The maximum absolute atomic E-state index is 13.1. The number of aromatic amines is 2. The van der Waals surface area contributed by atoms with E-state index >= 15 is 0 Å². The smallest absolute Gasteiger partial charge is 0.289 e.